The number of aliphatic carboxylic acids is 1. The maximum absolute atomic E-state index is 12.1. The monoisotopic (exact) mass is 1460 g/mol. The van der Waals surface area contributed by atoms with E-state index in [9.17, 15) is 39.6 Å². The van der Waals surface area contributed by atoms with Crippen molar-refractivity contribution in [2.24, 2.45) is 16.2 Å². The fourth-order valence-electron chi connectivity index (χ4n) is 13.7. The summed E-state index contributed by atoms with van der Waals surface area (Å²) in [4.78, 5) is 49.9. The van der Waals surface area contributed by atoms with E-state index in [1.807, 2.05) is 86.6 Å². The number of hydrogen-bond acceptors (Lipinski definition) is 15. The van der Waals surface area contributed by atoms with Crippen LogP contribution in [0.2, 0.25) is 15.1 Å². The molecule has 0 unspecified atom stereocenters. The first-order valence-electron chi connectivity index (χ1n) is 34.5. The lowest BCUT2D eigenvalue weighted by Crippen LogP contribution is -2.42. The average molecular weight is 1460 g/mol. The fraction of sp³-hybridized carbons (Fsp3) is 0.432. The van der Waals surface area contributed by atoms with Crippen LogP contribution in [0.25, 0.3) is 16.7 Å². The van der Waals surface area contributed by atoms with Crippen molar-refractivity contribution in [1.29, 1.82) is 0 Å². The molecule has 0 aromatic heterocycles. The van der Waals surface area contributed by atoms with E-state index in [-0.39, 0.29) is 44.0 Å². The molecule has 0 spiro atoms. The van der Waals surface area contributed by atoms with Gasteiger partial charge in [-0.15, -0.1) is 12.4 Å². The minimum absolute atomic E-state index is 0. The third-order valence-electron chi connectivity index (χ3n) is 19.6. The Morgan fingerprint density at radius 3 is 1.09 bits per heavy atom. The molecule has 0 aliphatic carbocycles. The summed E-state index contributed by atoms with van der Waals surface area (Å²) < 4.78 is 27.9. The van der Waals surface area contributed by atoms with Gasteiger partial charge in [0, 0.05) is 90.8 Å². The number of fused-ring (bicyclic) bond motifs is 6. The Bertz CT molecular complexity index is 4050. The Kier molecular flexibility index (Phi) is 28.3. The molecule has 6 heterocycles. The van der Waals surface area contributed by atoms with Crippen molar-refractivity contribution in [3.8, 4) is 17.2 Å². The number of aliphatic hydroxyl groups excluding tert-OH is 3. The Morgan fingerprint density at radius 1 is 0.465 bits per heavy atom. The number of piperidine rings is 3. The second kappa shape index (κ2) is 35.9. The zero-order chi connectivity index (χ0) is 72.1. The first-order chi connectivity index (χ1) is 47.8. The largest absolute Gasteiger partial charge is 0.488 e. The standard InChI is InChI=1S/C27H32ClNO4.C26H30ClNO4.C21H22ClNO2.C7H12O3.ClH/c1-27(2,26(31)32-3)17-29-11-8-19(9-12-29)25-22-6-5-21(28)15-20(22)16-33-24-7-4-18(10-13-30)14-23(24)25;1-26(2,25(30)31)16-28-10-7-18(8-11-28)24-21-5-4-20(27)14-19(21)15-32-23-6-3-17(9-12-29)13-22(23)24;22-17-2-3-18-16(12-17)13-25-20-4-1-14(7-10-24)11-19(20)21(18)15-5-8-23-9-6-15;1-5(8)7(2,3)6(9)10-4;/h4-7,14-15,30H,8-13,16-17H2,1-3H3;3-6,13-14,29H,7-12,15-16H2,1-2H3,(H,30,31);1-4,11-12,23-24H,5-10,13H2;1-4H3;1H. The van der Waals surface area contributed by atoms with Crippen LogP contribution in [-0.4, -0.2) is 140 Å². The summed E-state index contributed by atoms with van der Waals surface area (Å²) in [5.41, 5.74) is 19.0. The van der Waals surface area contributed by atoms with Crippen LogP contribution in [0.4, 0.5) is 0 Å². The smallest absolute Gasteiger partial charge is 0.318 e. The number of nitrogens with zero attached hydrogens (tertiary/aromatic N) is 2. The van der Waals surface area contributed by atoms with Crippen LogP contribution in [0.1, 0.15) is 154 Å². The maximum atomic E-state index is 12.1. The van der Waals surface area contributed by atoms with E-state index in [0.29, 0.717) is 62.2 Å². The number of carboxylic acids is 1. The molecule has 16 nitrogen and oxygen atoms in total. The van der Waals surface area contributed by atoms with E-state index >= 15 is 0 Å². The van der Waals surface area contributed by atoms with Gasteiger partial charge >= 0.3 is 17.9 Å². The number of halogens is 4. The second-order valence-corrected chi connectivity index (χ2v) is 29.5. The number of ketones is 1. The van der Waals surface area contributed by atoms with E-state index in [2.05, 4.69) is 56.3 Å². The summed E-state index contributed by atoms with van der Waals surface area (Å²) in [6.07, 6.45) is 7.53. The number of esters is 2. The highest BCUT2D eigenvalue weighted by atomic mass is 35.5. The predicted molar refractivity (Wildman–Crippen MR) is 402 cm³/mol. The number of aliphatic hydroxyl groups is 3. The number of carbonyl (C=O) groups excluding carboxylic acids is 3. The summed E-state index contributed by atoms with van der Waals surface area (Å²) in [6, 6.07) is 36.7. The highest BCUT2D eigenvalue weighted by molar-refractivity contribution is 6.31. The maximum Gasteiger partial charge on any atom is 0.318 e. The van der Waals surface area contributed by atoms with Crippen LogP contribution >= 0.6 is 47.2 Å². The zero-order valence-corrected chi connectivity index (χ0v) is 62.6. The SMILES string of the molecule is CC(C)(CN1CCC(=C2c3ccc(Cl)cc3COc3ccc(CCO)cc32)CC1)C(=O)O.COC(=O)C(C)(C)C(C)=O.COC(=O)C(C)(C)CN1CCC(=C2c3ccc(Cl)cc3COc3ccc(CCO)cc32)CC1.Cl.OCCc1ccc2c(c1)C(=C1CCNCC1)c1ccc(Cl)cc1CO2. The number of nitrogens with one attached hydrogen (secondary N) is 1. The lowest BCUT2D eigenvalue weighted by Gasteiger charge is -2.35. The van der Waals surface area contributed by atoms with Gasteiger partial charge in [0.1, 0.15) is 48.3 Å². The molecule has 5 N–H and O–H groups in total. The highest BCUT2D eigenvalue weighted by Crippen LogP contribution is 2.46. The molecule has 0 amide bonds. The molecule has 101 heavy (non-hydrogen) atoms. The van der Waals surface area contributed by atoms with Crippen molar-refractivity contribution < 1.29 is 63.3 Å². The van der Waals surface area contributed by atoms with E-state index in [0.717, 1.165) is 161 Å². The summed E-state index contributed by atoms with van der Waals surface area (Å²) >= 11 is 18.8. The summed E-state index contributed by atoms with van der Waals surface area (Å²) in [5, 5.41) is 43.3. The van der Waals surface area contributed by atoms with Crippen molar-refractivity contribution in [1.82, 2.24) is 15.1 Å². The van der Waals surface area contributed by atoms with Crippen LogP contribution in [0, 0.1) is 16.2 Å². The number of carboxylic acid groups (broad SMARTS) is 1. The van der Waals surface area contributed by atoms with E-state index in [1.165, 1.54) is 60.1 Å². The van der Waals surface area contributed by atoms with Gasteiger partial charge in [-0.1, -0.05) is 87.9 Å². The molecule has 542 valence electrons. The Hall–Kier alpha value is -7.06. The molecule has 0 atom stereocenters. The normalized spacial score (nSPS) is 15.9. The van der Waals surface area contributed by atoms with E-state index in [1.54, 1.807) is 27.7 Å². The Balaban J connectivity index is 0.000000180. The van der Waals surface area contributed by atoms with Gasteiger partial charge in [-0.25, -0.2) is 0 Å². The molecule has 12 rings (SSSR count). The van der Waals surface area contributed by atoms with Gasteiger partial charge in [0.25, 0.3) is 0 Å². The molecule has 0 radical (unpaired) electrons. The summed E-state index contributed by atoms with van der Waals surface area (Å²) in [6.45, 7) is 20.4. The minimum Gasteiger partial charge on any atom is -0.488 e. The van der Waals surface area contributed by atoms with Gasteiger partial charge < -0.3 is 59.2 Å². The first kappa shape index (κ1) is 79.6. The van der Waals surface area contributed by atoms with Crippen LogP contribution in [0.5, 0.6) is 17.2 Å². The number of likely N-dealkylation sites (tertiary alicyclic amines) is 2. The van der Waals surface area contributed by atoms with Gasteiger partial charge in [0.05, 0.1) is 25.0 Å². The molecular weight excluding hydrogens is 1360 g/mol. The molecule has 6 aromatic rings. The van der Waals surface area contributed by atoms with E-state index in [4.69, 9.17) is 53.8 Å². The van der Waals surface area contributed by atoms with E-state index < -0.39 is 28.2 Å². The minimum atomic E-state index is -0.991. The first-order valence-corrected chi connectivity index (χ1v) is 35.6. The number of rotatable bonds is 14. The van der Waals surface area contributed by atoms with Crippen LogP contribution < -0.4 is 19.5 Å². The van der Waals surface area contributed by atoms with Gasteiger partial charge in [0.15, 0.2) is 0 Å². The lowest BCUT2D eigenvalue weighted by molar-refractivity contribution is -0.155. The van der Waals surface area contributed by atoms with Crippen molar-refractivity contribution in [2.45, 2.75) is 126 Å². The van der Waals surface area contributed by atoms with Crippen LogP contribution in [0.3, 0.4) is 0 Å². The third kappa shape index (κ3) is 19.8. The van der Waals surface area contributed by atoms with Crippen molar-refractivity contribution in [3.05, 3.63) is 208 Å². The number of hydrogen-bond donors (Lipinski definition) is 5. The number of ether oxygens (including phenoxy) is 5. The lowest BCUT2D eigenvalue weighted by atomic mass is 9.85. The molecule has 6 aromatic carbocycles. The van der Waals surface area contributed by atoms with Crippen molar-refractivity contribution in [2.75, 3.05) is 86.4 Å². The third-order valence-corrected chi connectivity index (χ3v) is 20.3. The number of benzene rings is 6. The molecule has 3 saturated heterocycles. The second-order valence-electron chi connectivity index (χ2n) is 28.2. The van der Waals surface area contributed by atoms with Gasteiger partial charge in [-0.05, 0) is 259 Å². The van der Waals surface area contributed by atoms with Gasteiger partial charge in [0.2, 0.25) is 0 Å². The Labute approximate surface area is 616 Å². The summed E-state index contributed by atoms with van der Waals surface area (Å²) in [5.74, 6) is 1.01. The van der Waals surface area contributed by atoms with Crippen molar-refractivity contribution >= 4 is 87.6 Å². The average Bonchev–Trinajstić information content (AvgIpc) is 1.70. The molecule has 0 bridgehead atoms. The van der Waals surface area contributed by atoms with Crippen LogP contribution in [0.15, 0.2) is 126 Å². The molecule has 20 heteroatoms. The molecule has 0 saturated carbocycles. The predicted octanol–water partition coefficient (Wildman–Crippen LogP) is 14.8. The molecule has 6 aliphatic heterocycles. The Morgan fingerprint density at radius 2 is 0.792 bits per heavy atom. The van der Waals surface area contributed by atoms with Gasteiger partial charge in [-0.2, -0.15) is 0 Å². The molecular formula is C81H97Cl4N3O13. The number of Topliss-reactive ketones (excluding diaryl/α,β-unsaturated/α-hetero) is 1. The highest BCUT2D eigenvalue weighted by Gasteiger charge is 2.36. The topological polar surface area (TPSA) is 214 Å². The van der Waals surface area contributed by atoms with Crippen LogP contribution in [-0.2, 0) is 67.7 Å². The quantitative estimate of drug-likeness (QED) is 0.0507. The van der Waals surface area contributed by atoms with Crippen molar-refractivity contribution in [3.63, 3.8) is 0 Å². The zero-order valence-electron chi connectivity index (χ0n) is 59.6. The number of methoxy groups -OCH3 is 2. The summed E-state index contributed by atoms with van der Waals surface area (Å²) in [7, 11) is 2.72. The molecule has 3 fully saturated rings. The number of carbonyl (C=O) groups is 4. The fourth-order valence-corrected chi connectivity index (χ4v) is 14.3. The molecule has 6 aliphatic rings. The van der Waals surface area contributed by atoms with Gasteiger partial charge in [-0.3, -0.25) is 19.2 Å².